The molecule has 0 saturated carbocycles. The Kier molecular flexibility index (Phi) is 7.71. The zero-order valence-electron chi connectivity index (χ0n) is 18.3. The van der Waals surface area contributed by atoms with Crippen molar-refractivity contribution in [2.24, 2.45) is 0 Å². The number of nitrogens with one attached hydrogen (secondary N) is 2. The predicted octanol–water partition coefficient (Wildman–Crippen LogP) is 4.60. The summed E-state index contributed by atoms with van der Waals surface area (Å²) in [5.41, 5.74) is 2.11. The molecule has 0 spiro atoms. The lowest BCUT2D eigenvalue weighted by atomic mass is 10.2. The van der Waals surface area contributed by atoms with Gasteiger partial charge in [0.1, 0.15) is 5.82 Å². The first-order chi connectivity index (χ1) is 16.5. The minimum atomic E-state index is -0.547. The van der Waals surface area contributed by atoms with E-state index in [0.717, 1.165) is 27.9 Å². The molecule has 0 unspecified atom stereocenters. The number of amides is 3. The van der Waals surface area contributed by atoms with Crippen LogP contribution in [0.25, 0.3) is 17.1 Å². The second kappa shape index (κ2) is 11.1. The highest BCUT2D eigenvalue weighted by Gasteiger charge is 2.20. The molecular formula is C24H22FN5O2S2. The predicted molar refractivity (Wildman–Crippen MR) is 132 cm³/mol. The molecule has 174 valence electrons. The largest absolute Gasteiger partial charge is 0.337 e. The molecule has 0 atom stereocenters. The third-order valence-electron chi connectivity index (χ3n) is 4.86. The molecule has 2 N–H and O–H groups in total. The summed E-state index contributed by atoms with van der Waals surface area (Å²) in [6, 6.07) is 17.4. The number of nitrogens with zero attached hydrogens (tertiary/aromatic N) is 3. The molecule has 10 heteroatoms. The Bertz CT molecular complexity index is 1270. The number of aryl methyl sites for hydroxylation is 1. The zero-order valence-corrected chi connectivity index (χ0v) is 20.0. The number of hydrogen-bond donors (Lipinski definition) is 2. The molecule has 2 heterocycles. The lowest BCUT2D eigenvalue weighted by Crippen LogP contribution is -2.41. The van der Waals surface area contributed by atoms with E-state index >= 15 is 0 Å². The summed E-state index contributed by atoms with van der Waals surface area (Å²) in [5, 5.41) is 15.8. The van der Waals surface area contributed by atoms with Crippen molar-refractivity contribution in [2.75, 3.05) is 12.3 Å². The Morgan fingerprint density at radius 2 is 1.85 bits per heavy atom. The first kappa shape index (κ1) is 23.7. The summed E-state index contributed by atoms with van der Waals surface area (Å²) in [4.78, 5) is 25.5. The SMILES string of the molecule is Cc1ccc(-n2c(SCC(=O)NC(=O)NCCc3cccs3)nnc2-c2ccccc2F)cc1. The number of halogens is 1. The number of rotatable bonds is 8. The molecule has 2 aromatic carbocycles. The standard InChI is InChI=1S/C24H22FN5O2S2/c1-16-8-10-17(11-9-16)30-22(19-6-2-3-7-20(19)25)28-29-24(30)34-15-21(31)27-23(32)26-13-12-18-5-4-14-33-18/h2-11,14H,12-13,15H2,1H3,(H2,26,27,31,32). The molecule has 0 saturated heterocycles. The normalized spacial score (nSPS) is 10.8. The van der Waals surface area contributed by atoms with Crippen LogP contribution >= 0.6 is 23.1 Å². The molecule has 4 aromatic rings. The molecule has 0 aliphatic carbocycles. The van der Waals surface area contributed by atoms with Gasteiger partial charge in [-0.25, -0.2) is 9.18 Å². The van der Waals surface area contributed by atoms with Crippen molar-refractivity contribution in [3.05, 3.63) is 82.3 Å². The average Bonchev–Trinajstić information content (AvgIpc) is 3.49. The first-order valence-electron chi connectivity index (χ1n) is 10.5. The van der Waals surface area contributed by atoms with Crippen LogP contribution < -0.4 is 10.6 Å². The number of hydrogen-bond acceptors (Lipinski definition) is 6. The fourth-order valence-corrected chi connectivity index (χ4v) is 4.66. The maximum absolute atomic E-state index is 14.5. The molecule has 2 aromatic heterocycles. The van der Waals surface area contributed by atoms with Crippen molar-refractivity contribution in [3.8, 4) is 17.1 Å². The monoisotopic (exact) mass is 495 g/mol. The van der Waals surface area contributed by atoms with Crippen molar-refractivity contribution in [3.63, 3.8) is 0 Å². The van der Waals surface area contributed by atoms with Gasteiger partial charge in [-0.05, 0) is 49.1 Å². The summed E-state index contributed by atoms with van der Waals surface area (Å²) in [6.45, 7) is 2.40. The fourth-order valence-electron chi connectivity index (χ4n) is 3.20. The highest BCUT2D eigenvalue weighted by atomic mass is 32.2. The Labute approximate surface area is 204 Å². The van der Waals surface area contributed by atoms with Gasteiger partial charge in [0.25, 0.3) is 0 Å². The van der Waals surface area contributed by atoms with Crippen LogP contribution in [0.2, 0.25) is 0 Å². The van der Waals surface area contributed by atoms with Gasteiger partial charge >= 0.3 is 6.03 Å². The summed E-state index contributed by atoms with van der Waals surface area (Å²) in [5.74, 6) is -0.614. The number of carbonyl (C=O) groups excluding carboxylic acids is 2. The Balaban J connectivity index is 1.44. The van der Waals surface area contributed by atoms with Crippen LogP contribution in [0.4, 0.5) is 9.18 Å². The third kappa shape index (κ3) is 5.89. The van der Waals surface area contributed by atoms with Crippen LogP contribution in [0.15, 0.2) is 71.2 Å². The molecule has 7 nitrogen and oxygen atoms in total. The molecular weight excluding hydrogens is 473 g/mol. The molecule has 0 aliphatic heterocycles. The van der Waals surface area contributed by atoms with Crippen molar-refractivity contribution in [1.29, 1.82) is 0 Å². The van der Waals surface area contributed by atoms with E-state index in [0.29, 0.717) is 29.5 Å². The number of carbonyl (C=O) groups is 2. The molecule has 4 rings (SSSR count). The molecule has 0 radical (unpaired) electrons. The lowest BCUT2D eigenvalue weighted by molar-refractivity contribution is -0.117. The number of aromatic nitrogens is 3. The summed E-state index contributed by atoms with van der Waals surface area (Å²) < 4.78 is 16.2. The second-order valence-corrected chi connectivity index (χ2v) is 9.35. The van der Waals surface area contributed by atoms with E-state index in [1.807, 2.05) is 48.7 Å². The molecule has 0 bridgehead atoms. The first-order valence-corrected chi connectivity index (χ1v) is 12.4. The summed E-state index contributed by atoms with van der Waals surface area (Å²) in [6.07, 6.45) is 0.701. The van der Waals surface area contributed by atoms with Crippen LogP contribution in [0.3, 0.4) is 0 Å². The van der Waals surface area contributed by atoms with Gasteiger partial charge in [0.05, 0.1) is 11.3 Å². The molecule has 0 aliphatic rings. The molecule has 3 amide bonds. The summed E-state index contributed by atoms with van der Waals surface area (Å²) in [7, 11) is 0. The van der Waals surface area contributed by atoms with E-state index in [4.69, 9.17) is 0 Å². The van der Waals surface area contributed by atoms with Crippen LogP contribution in [-0.2, 0) is 11.2 Å². The summed E-state index contributed by atoms with van der Waals surface area (Å²) >= 11 is 2.73. The highest BCUT2D eigenvalue weighted by molar-refractivity contribution is 7.99. The molecule has 0 fully saturated rings. The van der Waals surface area contributed by atoms with Gasteiger partial charge in [-0.15, -0.1) is 21.5 Å². The number of urea groups is 1. The minimum absolute atomic E-state index is 0.0559. The maximum atomic E-state index is 14.5. The Hall–Kier alpha value is -3.50. The minimum Gasteiger partial charge on any atom is -0.337 e. The quantitative estimate of drug-likeness (QED) is 0.349. The zero-order chi connectivity index (χ0) is 23.9. The highest BCUT2D eigenvalue weighted by Crippen LogP contribution is 2.29. The van der Waals surface area contributed by atoms with Crippen molar-refractivity contribution in [1.82, 2.24) is 25.4 Å². The van der Waals surface area contributed by atoms with E-state index in [9.17, 15) is 14.0 Å². The van der Waals surface area contributed by atoms with Crippen molar-refractivity contribution < 1.29 is 14.0 Å². The van der Waals surface area contributed by atoms with Gasteiger partial charge in [-0.3, -0.25) is 14.7 Å². The third-order valence-corrected chi connectivity index (χ3v) is 6.73. The van der Waals surface area contributed by atoms with Gasteiger partial charge in [0.15, 0.2) is 11.0 Å². The van der Waals surface area contributed by atoms with Crippen LogP contribution in [0, 0.1) is 12.7 Å². The average molecular weight is 496 g/mol. The lowest BCUT2D eigenvalue weighted by Gasteiger charge is -2.11. The van der Waals surface area contributed by atoms with E-state index in [1.54, 1.807) is 34.1 Å². The van der Waals surface area contributed by atoms with Crippen LogP contribution in [0.1, 0.15) is 10.4 Å². The van der Waals surface area contributed by atoms with E-state index < -0.39 is 17.8 Å². The smallest absolute Gasteiger partial charge is 0.321 e. The fraction of sp³-hybridized carbons (Fsp3) is 0.167. The van der Waals surface area contributed by atoms with Gasteiger partial charge in [0, 0.05) is 17.1 Å². The van der Waals surface area contributed by atoms with Crippen LogP contribution in [0.5, 0.6) is 0 Å². The van der Waals surface area contributed by atoms with Gasteiger partial charge in [-0.1, -0.05) is 47.7 Å². The Morgan fingerprint density at radius 1 is 1.06 bits per heavy atom. The topological polar surface area (TPSA) is 88.9 Å². The number of imide groups is 1. The van der Waals surface area contributed by atoms with Gasteiger partial charge in [-0.2, -0.15) is 0 Å². The van der Waals surface area contributed by atoms with Crippen molar-refractivity contribution >= 4 is 35.0 Å². The van der Waals surface area contributed by atoms with Crippen molar-refractivity contribution in [2.45, 2.75) is 18.5 Å². The van der Waals surface area contributed by atoms with Crippen LogP contribution in [-0.4, -0.2) is 39.0 Å². The maximum Gasteiger partial charge on any atom is 0.321 e. The Morgan fingerprint density at radius 3 is 2.59 bits per heavy atom. The number of thioether (sulfide) groups is 1. The van der Waals surface area contributed by atoms with Gasteiger partial charge < -0.3 is 5.32 Å². The molecule has 34 heavy (non-hydrogen) atoms. The number of benzene rings is 2. The van der Waals surface area contributed by atoms with E-state index in [1.165, 1.54) is 6.07 Å². The van der Waals surface area contributed by atoms with E-state index in [-0.39, 0.29) is 5.75 Å². The second-order valence-electron chi connectivity index (χ2n) is 7.38. The number of thiophene rings is 1. The van der Waals surface area contributed by atoms with E-state index in [2.05, 4.69) is 20.8 Å². The van der Waals surface area contributed by atoms with Gasteiger partial charge in [0.2, 0.25) is 5.91 Å².